The molecule has 2 unspecified atom stereocenters. The minimum atomic E-state index is -1.78. The molecule has 7 nitrogen and oxygen atoms in total. The van der Waals surface area contributed by atoms with E-state index in [1.807, 2.05) is 54.6 Å². The second-order valence-corrected chi connectivity index (χ2v) is 9.22. The van der Waals surface area contributed by atoms with Crippen molar-refractivity contribution in [1.82, 2.24) is 10.2 Å². The summed E-state index contributed by atoms with van der Waals surface area (Å²) in [7, 11) is 0. The third kappa shape index (κ3) is 4.23. The summed E-state index contributed by atoms with van der Waals surface area (Å²) >= 11 is 3.41. The van der Waals surface area contributed by atoms with Crippen molar-refractivity contribution in [2.75, 3.05) is 0 Å². The van der Waals surface area contributed by atoms with Gasteiger partial charge < -0.3 is 10.4 Å². The van der Waals surface area contributed by atoms with Crippen LogP contribution in [-0.2, 0) is 22.5 Å². The Balaban J connectivity index is 1.55. The Labute approximate surface area is 205 Å². The van der Waals surface area contributed by atoms with Crippen LogP contribution in [0.2, 0.25) is 0 Å². The molecule has 0 radical (unpaired) electrons. The predicted molar refractivity (Wildman–Crippen MR) is 132 cm³/mol. The van der Waals surface area contributed by atoms with Gasteiger partial charge in [0.1, 0.15) is 11.6 Å². The zero-order valence-corrected chi connectivity index (χ0v) is 19.6. The summed E-state index contributed by atoms with van der Waals surface area (Å²) in [6, 6.07) is 23.7. The highest BCUT2D eigenvalue weighted by atomic mass is 79.9. The van der Waals surface area contributed by atoms with Gasteiger partial charge in [0, 0.05) is 17.1 Å². The van der Waals surface area contributed by atoms with E-state index in [9.17, 15) is 15.2 Å². The topological polar surface area (TPSA) is 94.4 Å². The highest BCUT2D eigenvalue weighted by Gasteiger charge is 2.52. The quantitative estimate of drug-likeness (QED) is 0.332. The van der Waals surface area contributed by atoms with Gasteiger partial charge in [0.05, 0.1) is 11.7 Å². The minimum absolute atomic E-state index is 0.0794. The van der Waals surface area contributed by atoms with Crippen LogP contribution in [0.5, 0.6) is 5.75 Å². The fourth-order valence-corrected chi connectivity index (χ4v) is 4.51. The maximum atomic E-state index is 13.6. The largest absolute Gasteiger partial charge is 0.508 e. The van der Waals surface area contributed by atoms with Crippen LogP contribution in [0.3, 0.4) is 0 Å². The van der Waals surface area contributed by atoms with Crippen molar-refractivity contribution in [2.24, 2.45) is 4.99 Å². The molecule has 34 heavy (non-hydrogen) atoms. The van der Waals surface area contributed by atoms with E-state index in [1.165, 1.54) is 4.90 Å². The average molecular weight is 520 g/mol. The zero-order valence-electron chi connectivity index (χ0n) is 18.1. The SMILES string of the molecule is O=C1N2C=C(c3ccc(O)cc3)NC(Cc3ccccc3)C2=NC1(Cc1ccc(Br)cc1)OO. The number of halogens is 1. The molecule has 0 saturated heterocycles. The maximum absolute atomic E-state index is 13.6. The summed E-state index contributed by atoms with van der Waals surface area (Å²) in [5.74, 6) is 0.161. The lowest BCUT2D eigenvalue weighted by Gasteiger charge is -2.31. The molecule has 0 aliphatic carbocycles. The van der Waals surface area contributed by atoms with E-state index in [-0.39, 0.29) is 18.2 Å². The number of benzene rings is 3. The Morgan fingerprint density at radius 2 is 1.71 bits per heavy atom. The Kier molecular flexibility index (Phi) is 5.95. The van der Waals surface area contributed by atoms with Gasteiger partial charge >= 0.3 is 0 Å². The van der Waals surface area contributed by atoms with Crippen LogP contribution in [0.1, 0.15) is 16.7 Å². The van der Waals surface area contributed by atoms with Crippen LogP contribution >= 0.6 is 15.9 Å². The van der Waals surface area contributed by atoms with Crippen molar-refractivity contribution in [1.29, 1.82) is 0 Å². The second kappa shape index (κ2) is 9.06. The molecule has 0 aromatic heterocycles. The first-order valence-corrected chi connectivity index (χ1v) is 11.6. The molecule has 3 aromatic carbocycles. The first kappa shape index (κ1) is 22.3. The number of aromatic hydroxyl groups is 1. The Morgan fingerprint density at radius 1 is 1.00 bits per heavy atom. The molecule has 1 amide bonds. The van der Waals surface area contributed by atoms with Gasteiger partial charge in [0.15, 0.2) is 0 Å². The first-order chi connectivity index (χ1) is 16.5. The van der Waals surface area contributed by atoms with Gasteiger partial charge in [-0.2, -0.15) is 4.89 Å². The van der Waals surface area contributed by atoms with Crippen molar-refractivity contribution in [2.45, 2.75) is 24.6 Å². The van der Waals surface area contributed by atoms with Crippen LogP contribution < -0.4 is 5.32 Å². The number of hydrogen-bond acceptors (Lipinski definition) is 6. The lowest BCUT2D eigenvalue weighted by atomic mass is 10.0. The highest BCUT2D eigenvalue weighted by Crippen LogP contribution is 2.34. The molecule has 2 aliphatic rings. The fraction of sp³-hybridized carbons (Fsp3) is 0.154. The maximum Gasteiger partial charge on any atom is 0.290 e. The second-order valence-electron chi connectivity index (χ2n) is 8.30. The number of nitrogens with zero attached hydrogens (tertiary/aromatic N) is 2. The van der Waals surface area contributed by atoms with Gasteiger partial charge in [0.2, 0.25) is 0 Å². The van der Waals surface area contributed by atoms with Crippen molar-refractivity contribution < 1.29 is 20.0 Å². The number of phenols is 1. The van der Waals surface area contributed by atoms with Crippen LogP contribution in [0.4, 0.5) is 0 Å². The van der Waals surface area contributed by atoms with Crippen molar-refractivity contribution in [3.63, 3.8) is 0 Å². The van der Waals surface area contributed by atoms with E-state index in [0.29, 0.717) is 18.0 Å². The molecule has 0 fully saturated rings. The third-order valence-electron chi connectivity index (χ3n) is 5.96. The molecule has 172 valence electrons. The Morgan fingerprint density at radius 3 is 2.38 bits per heavy atom. The normalized spacial score (nSPS) is 21.5. The monoisotopic (exact) mass is 519 g/mol. The molecule has 0 bridgehead atoms. The lowest BCUT2D eigenvalue weighted by Crippen LogP contribution is -2.50. The number of rotatable bonds is 6. The van der Waals surface area contributed by atoms with Gasteiger partial charge in [-0.1, -0.05) is 58.4 Å². The summed E-state index contributed by atoms with van der Waals surface area (Å²) in [6.45, 7) is 0. The number of nitrogens with one attached hydrogen (secondary N) is 1. The van der Waals surface area contributed by atoms with Gasteiger partial charge in [-0.15, -0.1) is 0 Å². The van der Waals surface area contributed by atoms with E-state index in [2.05, 4.69) is 26.2 Å². The molecule has 0 spiro atoms. The lowest BCUT2D eigenvalue weighted by molar-refractivity contribution is -0.308. The van der Waals surface area contributed by atoms with Gasteiger partial charge in [-0.3, -0.25) is 9.69 Å². The Bertz CT molecular complexity index is 1260. The van der Waals surface area contributed by atoms with E-state index in [4.69, 9.17) is 4.89 Å². The van der Waals surface area contributed by atoms with Gasteiger partial charge in [0.25, 0.3) is 11.6 Å². The minimum Gasteiger partial charge on any atom is -0.508 e. The van der Waals surface area contributed by atoms with E-state index >= 15 is 0 Å². The average Bonchev–Trinajstić information content (AvgIpc) is 3.14. The fourth-order valence-electron chi connectivity index (χ4n) is 4.24. The van der Waals surface area contributed by atoms with Crippen LogP contribution in [0, 0.1) is 0 Å². The molecule has 2 aliphatic heterocycles. The van der Waals surface area contributed by atoms with Crippen molar-refractivity contribution in [3.05, 3.63) is 106 Å². The number of carbonyl (C=O) groups is 1. The van der Waals surface area contributed by atoms with Gasteiger partial charge in [-0.25, -0.2) is 10.2 Å². The van der Waals surface area contributed by atoms with E-state index < -0.39 is 11.6 Å². The molecule has 3 N–H and O–H groups in total. The first-order valence-electron chi connectivity index (χ1n) is 10.8. The number of phenolic OH excluding ortho intramolecular Hbond substituents is 1. The molecule has 2 atom stereocenters. The number of carbonyl (C=O) groups excluding carboxylic acids is 1. The number of fused-ring (bicyclic) bond motifs is 1. The number of amidine groups is 1. The van der Waals surface area contributed by atoms with E-state index in [0.717, 1.165) is 21.2 Å². The molecular formula is C26H22BrN3O4. The summed E-state index contributed by atoms with van der Waals surface area (Å²) < 4.78 is 0.908. The number of amides is 1. The van der Waals surface area contributed by atoms with Crippen LogP contribution in [0.25, 0.3) is 5.70 Å². The molecule has 3 aromatic rings. The highest BCUT2D eigenvalue weighted by molar-refractivity contribution is 9.10. The van der Waals surface area contributed by atoms with Crippen LogP contribution in [0.15, 0.2) is 94.5 Å². The molecule has 8 heteroatoms. The molecule has 0 saturated carbocycles. The number of hydrogen-bond donors (Lipinski definition) is 3. The smallest absolute Gasteiger partial charge is 0.290 e. The van der Waals surface area contributed by atoms with Gasteiger partial charge in [-0.05, 0) is 59.5 Å². The third-order valence-corrected chi connectivity index (χ3v) is 6.49. The standard InChI is InChI=1S/C26H22BrN3O4/c27-20-10-6-18(7-11-20)15-26(34-33)25(32)30-16-23(19-8-12-21(31)13-9-19)28-22(24(30)29-26)14-17-4-2-1-3-5-17/h1-13,16,22,28,31,33H,14-15H2. The van der Waals surface area contributed by atoms with Crippen molar-refractivity contribution in [3.8, 4) is 5.75 Å². The van der Waals surface area contributed by atoms with E-state index in [1.54, 1.807) is 30.5 Å². The summed E-state index contributed by atoms with van der Waals surface area (Å²) in [5.41, 5.74) is 1.59. The molecule has 2 heterocycles. The number of aliphatic imine (C=N–C) groups is 1. The van der Waals surface area contributed by atoms with Crippen LogP contribution in [-0.4, -0.2) is 38.8 Å². The van der Waals surface area contributed by atoms with Crippen molar-refractivity contribution >= 4 is 33.4 Å². The summed E-state index contributed by atoms with van der Waals surface area (Å²) in [6.07, 6.45) is 2.31. The summed E-state index contributed by atoms with van der Waals surface area (Å²) in [4.78, 5) is 24.5. The zero-order chi connectivity index (χ0) is 23.7. The Hall–Kier alpha value is -3.46. The predicted octanol–water partition coefficient (Wildman–Crippen LogP) is 4.34. The molecular weight excluding hydrogens is 498 g/mol. The molecule has 5 rings (SSSR count). The summed E-state index contributed by atoms with van der Waals surface area (Å²) in [5, 5.41) is 23.1.